The van der Waals surface area contributed by atoms with Crippen molar-refractivity contribution in [3.8, 4) is 11.8 Å². The zero-order valence-electron chi connectivity index (χ0n) is 23.1. The molecule has 4 aromatic rings. The van der Waals surface area contributed by atoms with Gasteiger partial charge in [-0.1, -0.05) is 38.8 Å². The predicted molar refractivity (Wildman–Crippen MR) is 157 cm³/mol. The SMILES string of the molecule is CC.CC=N/C=C(\CC)n1c(C(C)Nc2ncnc(N)c2C#Cc2cnccn2)nc2cccc(C)c2c1=O. The molecule has 10 nitrogen and oxygen atoms in total. The molecule has 1 atom stereocenters. The van der Waals surface area contributed by atoms with Crippen molar-refractivity contribution in [2.45, 2.75) is 54.0 Å². The van der Waals surface area contributed by atoms with Crippen LogP contribution < -0.4 is 16.6 Å². The summed E-state index contributed by atoms with van der Waals surface area (Å²) in [6.45, 7) is 11.6. The van der Waals surface area contributed by atoms with Crippen molar-refractivity contribution in [1.29, 1.82) is 0 Å². The molecule has 0 saturated heterocycles. The van der Waals surface area contributed by atoms with Crippen LogP contribution in [0.2, 0.25) is 0 Å². The highest BCUT2D eigenvalue weighted by molar-refractivity contribution is 5.82. The number of nitrogens with two attached hydrogens (primary N) is 1. The maximum atomic E-state index is 13.8. The molecule has 1 unspecified atom stereocenters. The Kier molecular flexibility index (Phi) is 9.98. The van der Waals surface area contributed by atoms with Crippen molar-refractivity contribution in [2.75, 3.05) is 11.1 Å². The second-order valence-electron chi connectivity index (χ2n) is 8.15. The van der Waals surface area contributed by atoms with Crippen LogP contribution in [-0.2, 0) is 0 Å². The van der Waals surface area contributed by atoms with Crippen LogP contribution in [0, 0.1) is 18.8 Å². The third-order valence-electron chi connectivity index (χ3n) is 5.65. The summed E-state index contributed by atoms with van der Waals surface area (Å²) in [6, 6.07) is 5.18. The number of allylic oxidation sites excluding steroid dienone is 1. The quantitative estimate of drug-likeness (QED) is 0.272. The maximum Gasteiger partial charge on any atom is 0.266 e. The maximum absolute atomic E-state index is 13.8. The fourth-order valence-electron chi connectivity index (χ4n) is 3.84. The van der Waals surface area contributed by atoms with Gasteiger partial charge in [-0.3, -0.25) is 19.3 Å². The smallest absolute Gasteiger partial charge is 0.266 e. The van der Waals surface area contributed by atoms with E-state index in [1.54, 1.807) is 35.6 Å². The second kappa shape index (κ2) is 13.6. The van der Waals surface area contributed by atoms with Crippen LogP contribution in [0.5, 0.6) is 0 Å². The zero-order chi connectivity index (χ0) is 28.4. The van der Waals surface area contributed by atoms with Crippen LogP contribution >= 0.6 is 0 Å². The number of hydrogen-bond donors (Lipinski definition) is 2. The lowest BCUT2D eigenvalue weighted by Crippen LogP contribution is -2.28. The number of rotatable bonds is 6. The molecule has 0 aliphatic carbocycles. The summed E-state index contributed by atoms with van der Waals surface area (Å²) < 4.78 is 1.62. The van der Waals surface area contributed by atoms with E-state index in [2.05, 4.69) is 42.1 Å². The van der Waals surface area contributed by atoms with Crippen molar-refractivity contribution in [2.24, 2.45) is 4.99 Å². The molecule has 1 aromatic carbocycles. The summed E-state index contributed by atoms with van der Waals surface area (Å²) in [4.78, 5) is 39.6. The molecular formula is C29H33N9O. The summed E-state index contributed by atoms with van der Waals surface area (Å²) >= 11 is 0. The molecule has 0 aliphatic heterocycles. The van der Waals surface area contributed by atoms with E-state index in [0.717, 1.165) is 5.56 Å². The van der Waals surface area contributed by atoms with Crippen LogP contribution in [0.1, 0.15) is 69.7 Å². The lowest BCUT2D eigenvalue weighted by Gasteiger charge is -2.22. The van der Waals surface area contributed by atoms with Gasteiger partial charge in [0.05, 0.1) is 23.1 Å². The van der Waals surface area contributed by atoms with Crippen molar-refractivity contribution >= 4 is 34.5 Å². The highest BCUT2D eigenvalue weighted by atomic mass is 16.1. The third-order valence-corrected chi connectivity index (χ3v) is 5.65. The van der Waals surface area contributed by atoms with Crippen molar-refractivity contribution in [3.63, 3.8) is 0 Å². The Bertz CT molecular complexity index is 1610. The van der Waals surface area contributed by atoms with E-state index in [-0.39, 0.29) is 11.4 Å². The Labute approximate surface area is 228 Å². The van der Waals surface area contributed by atoms with E-state index in [0.29, 0.717) is 45.9 Å². The van der Waals surface area contributed by atoms with E-state index in [1.807, 2.05) is 59.7 Å². The topological polar surface area (TPSA) is 137 Å². The Morgan fingerprint density at radius 2 is 2.00 bits per heavy atom. The molecule has 0 spiro atoms. The molecule has 4 rings (SSSR count). The first-order valence-electron chi connectivity index (χ1n) is 12.8. The molecular weight excluding hydrogens is 490 g/mol. The van der Waals surface area contributed by atoms with Gasteiger partial charge in [-0.25, -0.2) is 19.9 Å². The molecule has 200 valence electrons. The van der Waals surface area contributed by atoms with E-state index < -0.39 is 6.04 Å². The molecule has 0 fully saturated rings. The standard InChI is InChI=1S/C27H27N9O.C2H6/c1-5-20(15-29-6-2)36-26(35-22-9-7-8-17(3)23(22)27(36)37)18(4)34-25-21(24(28)32-16-33-25)11-10-19-14-30-12-13-31-19;1-2/h6-9,12-16,18H,5H2,1-4H3,(H3,28,32,33,34);1-2H3/b20-15+,29-6?;. The third kappa shape index (κ3) is 6.51. The lowest BCUT2D eigenvalue weighted by molar-refractivity contribution is 0.728. The molecule has 0 aliphatic rings. The number of anilines is 2. The predicted octanol–water partition coefficient (Wildman–Crippen LogP) is 4.77. The Hall–Kier alpha value is -4.91. The van der Waals surface area contributed by atoms with Crippen molar-refractivity contribution < 1.29 is 0 Å². The minimum absolute atomic E-state index is 0.156. The number of hydrogen-bond acceptors (Lipinski definition) is 9. The molecule has 39 heavy (non-hydrogen) atoms. The largest absolute Gasteiger partial charge is 0.382 e. The van der Waals surface area contributed by atoms with Gasteiger partial charge >= 0.3 is 0 Å². The van der Waals surface area contributed by atoms with Crippen molar-refractivity contribution in [3.05, 3.63) is 82.3 Å². The van der Waals surface area contributed by atoms with Gasteiger partial charge in [0, 0.05) is 30.5 Å². The van der Waals surface area contributed by atoms with Gasteiger partial charge < -0.3 is 11.1 Å². The first-order valence-corrected chi connectivity index (χ1v) is 12.8. The van der Waals surface area contributed by atoms with Crippen molar-refractivity contribution in [1.82, 2.24) is 29.5 Å². The van der Waals surface area contributed by atoms with Gasteiger partial charge in [0.1, 0.15) is 35.0 Å². The number of aryl methyl sites for hydroxylation is 1. The normalized spacial score (nSPS) is 11.9. The Morgan fingerprint density at radius 3 is 2.69 bits per heavy atom. The summed E-state index contributed by atoms with van der Waals surface area (Å²) in [5.74, 6) is 7.07. The van der Waals surface area contributed by atoms with Gasteiger partial charge in [-0.2, -0.15) is 0 Å². The second-order valence-corrected chi connectivity index (χ2v) is 8.15. The van der Waals surface area contributed by atoms with E-state index in [9.17, 15) is 4.79 Å². The van der Waals surface area contributed by atoms with Gasteiger partial charge in [-0.05, 0) is 44.7 Å². The van der Waals surface area contributed by atoms with Gasteiger partial charge in [0.15, 0.2) is 0 Å². The van der Waals surface area contributed by atoms with Crippen LogP contribution in [0.15, 0.2) is 59.1 Å². The number of benzene rings is 1. The van der Waals surface area contributed by atoms with Crippen LogP contribution in [0.4, 0.5) is 11.6 Å². The molecule has 0 amide bonds. The molecule has 3 aromatic heterocycles. The molecule has 10 heteroatoms. The molecule has 0 saturated carbocycles. The fourth-order valence-corrected chi connectivity index (χ4v) is 3.84. The number of nitrogens with one attached hydrogen (secondary N) is 1. The first kappa shape index (κ1) is 28.7. The molecule has 0 bridgehead atoms. The van der Waals surface area contributed by atoms with Gasteiger partial charge in [-0.15, -0.1) is 0 Å². The monoisotopic (exact) mass is 523 g/mol. The Balaban J connectivity index is 0.00000205. The lowest BCUT2D eigenvalue weighted by atomic mass is 10.1. The zero-order valence-corrected chi connectivity index (χ0v) is 23.1. The summed E-state index contributed by atoms with van der Waals surface area (Å²) in [6.07, 6.45) is 9.98. The van der Waals surface area contributed by atoms with Crippen LogP contribution in [0.3, 0.4) is 0 Å². The van der Waals surface area contributed by atoms with Gasteiger partial charge in [0.2, 0.25) is 0 Å². The highest BCUT2D eigenvalue weighted by Crippen LogP contribution is 2.25. The number of aliphatic imine (C=N–C) groups is 1. The number of nitrogen functional groups attached to an aromatic ring is 1. The highest BCUT2D eigenvalue weighted by Gasteiger charge is 2.21. The molecule has 3 heterocycles. The average molecular weight is 524 g/mol. The number of fused-ring (bicyclic) bond motifs is 1. The Morgan fingerprint density at radius 1 is 1.21 bits per heavy atom. The number of nitrogens with zero attached hydrogens (tertiary/aromatic N) is 7. The van der Waals surface area contributed by atoms with Gasteiger partial charge in [0.25, 0.3) is 5.56 Å². The average Bonchev–Trinajstić information content (AvgIpc) is 2.95. The number of aromatic nitrogens is 6. The minimum atomic E-state index is -0.454. The van der Waals surface area contributed by atoms with Crippen LogP contribution in [-0.4, -0.2) is 35.7 Å². The summed E-state index contributed by atoms with van der Waals surface area (Å²) in [7, 11) is 0. The van der Waals surface area contributed by atoms with Crippen LogP contribution in [0.25, 0.3) is 16.6 Å². The molecule has 0 radical (unpaired) electrons. The summed E-state index contributed by atoms with van der Waals surface area (Å²) in [5.41, 5.74) is 9.07. The van der Waals surface area contributed by atoms with E-state index >= 15 is 0 Å². The first-order chi connectivity index (χ1) is 18.9. The fraction of sp³-hybridized carbons (Fsp3) is 0.276. The van der Waals surface area contributed by atoms with E-state index in [1.165, 1.54) is 6.33 Å². The molecule has 3 N–H and O–H groups in total. The summed E-state index contributed by atoms with van der Waals surface area (Å²) in [5, 5.41) is 3.90. The minimum Gasteiger partial charge on any atom is -0.382 e. The van der Waals surface area contributed by atoms with E-state index in [4.69, 9.17) is 10.7 Å².